The van der Waals surface area contributed by atoms with E-state index in [9.17, 15) is 9.18 Å². The first-order chi connectivity index (χ1) is 9.45. The highest BCUT2D eigenvalue weighted by Gasteiger charge is 2.09. The number of hydrogen-bond acceptors (Lipinski definition) is 2. The molecule has 2 nitrogen and oxygen atoms in total. The number of rotatable bonds is 4. The Balaban J connectivity index is 2.20. The number of hydrogen-bond donors (Lipinski definition) is 0. The van der Waals surface area contributed by atoms with Crippen molar-refractivity contribution in [1.82, 2.24) is 0 Å². The van der Waals surface area contributed by atoms with E-state index in [1.54, 1.807) is 18.2 Å². The molecule has 4 heteroatoms. The molecule has 0 aromatic heterocycles. The molecule has 0 N–H and O–H groups in total. The zero-order valence-corrected chi connectivity index (χ0v) is 12.8. The first-order valence-corrected chi connectivity index (χ1v) is 6.94. The molecule has 2 rings (SSSR count). The summed E-state index contributed by atoms with van der Waals surface area (Å²) in [5.74, 6) is 0.140. The summed E-state index contributed by atoms with van der Waals surface area (Å²) in [6, 6.07) is 10.0. The molecule has 0 atom stereocenters. The minimum absolute atomic E-state index is 0.0517. The second-order valence-electron chi connectivity index (χ2n) is 4.62. The summed E-state index contributed by atoms with van der Waals surface area (Å²) in [5.41, 5.74) is 2.24. The second-order valence-corrected chi connectivity index (χ2v) is 5.54. The van der Waals surface area contributed by atoms with Crippen LogP contribution in [-0.4, -0.2) is 5.78 Å². The third-order valence-electron chi connectivity index (χ3n) is 2.83. The van der Waals surface area contributed by atoms with Gasteiger partial charge in [-0.05, 0) is 49.7 Å². The van der Waals surface area contributed by atoms with Gasteiger partial charge in [-0.15, -0.1) is 0 Å². The Morgan fingerprint density at radius 2 is 2.00 bits per heavy atom. The quantitative estimate of drug-likeness (QED) is 0.758. The van der Waals surface area contributed by atoms with E-state index in [2.05, 4.69) is 15.9 Å². The van der Waals surface area contributed by atoms with E-state index >= 15 is 0 Å². The number of halogens is 2. The molecule has 0 heterocycles. The minimum atomic E-state index is -0.325. The lowest BCUT2D eigenvalue weighted by atomic mass is 10.1. The number of benzene rings is 2. The van der Waals surface area contributed by atoms with Gasteiger partial charge in [-0.25, -0.2) is 4.39 Å². The molecule has 104 valence electrons. The summed E-state index contributed by atoms with van der Waals surface area (Å²) < 4.78 is 19.6. The van der Waals surface area contributed by atoms with Crippen molar-refractivity contribution in [2.75, 3.05) is 0 Å². The molecule has 0 amide bonds. The predicted octanol–water partition coefficient (Wildman–Crippen LogP) is 4.68. The standard InChI is InChI=1S/C16H14BrFO2/c1-10-3-4-16(15(5-10)11(2)19)20-9-12-6-13(17)8-14(18)7-12/h3-8H,9H2,1-2H3. The maximum atomic E-state index is 13.3. The molecule has 0 radical (unpaired) electrons. The van der Waals surface area contributed by atoms with Crippen LogP contribution in [-0.2, 0) is 6.61 Å². The molecule has 0 aliphatic heterocycles. The lowest BCUT2D eigenvalue weighted by Gasteiger charge is -2.11. The molecule has 20 heavy (non-hydrogen) atoms. The molecule has 0 fully saturated rings. The Labute approximate surface area is 125 Å². The van der Waals surface area contributed by atoms with E-state index in [1.807, 2.05) is 13.0 Å². The highest BCUT2D eigenvalue weighted by atomic mass is 79.9. The lowest BCUT2D eigenvalue weighted by Crippen LogP contribution is -2.02. The van der Waals surface area contributed by atoms with Gasteiger partial charge in [0.1, 0.15) is 18.2 Å². The SMILES string of the molecule is CC(=O)c1cc(C)ccc1OCc1cc(F)cc(Br)c1. The van der Waals surface area contributed by atoms with Gasteiger partial charge in [0.05, 0.1) is 5.56 Å². The molecule has 2 aromatic rings. The van der Waals surface area contributed by atoms with Crippen LogP contribution in [0.1, 0.15) is 28.4 Å². The molecular formula is C16H14BrFO2. The van der Waals surface area contributed by atoms with Crippen molar-refractivity contribution in [1.29, 1.82) is 0 Å². The van der Waals surface area contributed by atoms with Gasteiger partial charge >= 0.3 is 0 Å². The van der Waals surface area contributed by atoms with Crippen LogP contribution in [0.25, 0.3) is 0 Å². The van der Waals surface area contributed by atoms with Crippen molar-refractivity contribution in [2.45, 2.75) is 20.5 Å². The highest BCUT2D eigenvalue weighted by Crippen LogP contribution is 2.23. The number of ether oxygens (including phenoxy) is 1. The maximum Gasteiger partial charge on any atom is 0.163 e. The molecule has 0 aliphatic rings. The summed E-state index contributed by atoms with van der Waals surface area (Å²) in [5, 5.41) is 0. The maximum absolute atomic E-state index is 13.3. The molecule has 0 bridgehead atoms. The zero-order chi connectivity index (χ0) is 14.7. The second kappa shape index (κ2) is 6.18. The average Bonchev–Trinajstić information content (AvgIpc) is 2.36. The van der Waals surface area contributed by atoms with E-state index in [1.165, 1.54) is 19.1 Å². The number of carbonyl (C=O) groups excluding carboxylic acids is 1. The topological polar surface area (TPSA) is 26.3 Å². The Morgan fingerprint density at radius 1 is 1.25 bits per heavy atom. The van der Waals surface area contributed by atoms with Crippen LogP contribution in [0.4, 0.5) is 4.39 Å². The Hall–Kier alpha value is -1.68. The first-order valence-electron chi connectivity index (χ1n) is 6.15. The molecule has 0 unspecified atom stereocenters. The van der Waals surface area contributed by atoms with Crippen LogP contribution in [0.5, 0.6) is 5.75 Å². The fourth-order valence-electron chi connectivity index (χ4n) is 1.90. The van der Waals surface area contributed by atoms with Crippen LogP contribution in [0.2, 0.25) is 0 Å². The number of Topliss-reactive ketones (excluding diaryl/α,β-unsaturated/α-hetero) is 1. The van der Waals surface area contributed by atoms with Gasteiger partial charge in [-0.3, -0.25) is 4.79 Å². The number of aryl methyl sites for hydroxylation is 1. The summed E-state index contributed by atoms with van der Waals surface area (Å²) >= 11 is 3.24. The molecule has 0 aliphatic carbocycles. The van der Waals surface area contributed by atoms with Crippen molar-refractivity contribution in [3.8, 4) is 5.75 Å². The Kier molecular flexibility index (Phi) is 4.55. The van der Waals surface area contributed by atoms with Crippen LogP contribution >= 0.6 is 15.9 Å². The first kappa shape index (κ1) is 14.7. The van der Waals surface area contributed by atoms with E-state index in [0.717, 1.165) is 5.56 Å². The fraction of sp³-hybridized carbons (Fsp3) is 0.188. The molecular weight excluding hydrogens is 323 g/mol. The van der Waals surface area contributed by atoms with Crippen molar-refractivity contribution in [3.05, 3.63) is 63.4 Å². The zero-order valence-electron chi connectivity index (χ0n) is 11.2. The van der Waals surface area contributed by atoms with Crippen molar-refractivity contribution < 1.29 is 13.9 Å². The van der Waals surface area contributed by atoms with Crippen LogP contribution in [0, 0.1) is 12.7 Å². The predicted molar refractivity (Wildman–Crippen MR) is 79.6 cm³/mol. The van der Waals surface area contributed by atoms with E-state index in [4.69, 9.17) is 4.74 Å². The smallest absolute Gasteiger partial charge is 0.163 e. The molecule has 0 saturated heterocycles. The number of carbonyl (C=O) groups is 1. The van der Waals surface area contributed by atoms with Gasteiger partial charge in [0.15, 0.2) is 5.78 Å². The monoisotopic (exact) mass is 336 g/mol. The third-order valence-corrected chi connectivity index (χ3v) is 3.29. The number of ketones is 1. The third kappa shape index (κ3) is 3.67. The Bertz CT molecular complexity index is 633. The molecule has 0 spiro atoms. The normalized spacial score (nSPS) is 10.4. The minimum Gasteiger partial charge on any atom is -0.488 e. The molecule has 2 aromatic carbocycles. The van der Waals surface area contributed by atoms with Gasteiger partial charge < -0.3 is 4.74 Å². The van der Waals surface area contributed by atoms with Crippen LogP contribution in [0.15, 0.2) is 40.9 Å². The van der Waals surface area contributed by atoms with E-state index < -0.39 is 0 Å². The summed E-state index contributed by atoms with van der Waals surface area (Å²) in [7, 11) is 0. The van der Waals surface area contributed by atoms with Gasteiger partial charge in [0.25, 0.3) is 0 Å². The van der Waals surface area contributed by atoms with E-state index in [-0.39, 0.29) is 18.2 Å². The van der Waals surface area contributed by atoms with Gasteiger partial charge in [0, 0.05) is 4.47 Å². The van der Waals surface area contributed by atoms with E-state index in [0.29, 0.717) is 21.3 Å². The Morgan fingerprint density at radius 3 is 2.65 bits per heavy atom. The average molecular weight is 337 g/mol. The van der Waals surface area contributed by atoms with Crippen molar-refractivity contribution in [3.63, 3.8) is 0 Å². The lowest BCUT2D eigenvalue weighted by molar-refractivity contribution is 0.101. The van der Waals surface area contributed by atoms with Crippen molar-refractivity contribution >= 4 is 21.7 Å². The summed E-state index contributed by atoms with van der Waals surface area (Å²) in [6.07, 6.45) is 0. The van der Waals surface area contributed by atoms with Gasteiger partial charge in [0.2, 0.25) is 0 Å². The fourth-order valence-corrected chi connectivity index (χ4v) is 2.41. The summed E-state index contributed by atoms with van der Waals surface area (Å²) in [4.78, 5) is 11.6. The van der Waals surface area contributed by atoms with Crippen LogP contribution in [0.3, 0.4) is 0 Å². The van der Waals surface area contributed by atoms with Gasteiger partial charge in [-0.2, -0.15) is 0 Å². The summed E-state index contributed by atoms with van der Waals surface area (Å²) in [6.45, 7) is 3.63. The highest BCUT2D eigenvalue weighted by molar-refractivity contribution is 9.10. The largest absolute Gasteiger partial charge is 0.488 e. The van der Waals surface area contributed by atoms with Crippen molar-refractivity contribution in [2.24, 2.45) is 0 Å². The van der Waals surface area contributed by atoms with Gasteiger partial charge in [-0.1, -0.05) is 27.6 Å². The molecule has 0 saturated carbocycles. The van der Waals surface area contributed by atoms with Crippen LogP contribution < -0.4 is 4.74 Å².